The third-order valence-corrected chi connectivity index (χ3v) is 3.20. The van der Waals surface area contributed by atoms with Crippen LogP contribution in [0.2, 0.25) is 0 Å². The van der Waals surface area contributed by atoms with Crippen LogP contribution in [-0.2, 0) is 0 Å². The topological polar surface area (TPSA) is 41.8 Å². The molecule has 1 unspecified atom stereocenters. The monoisotopic (exact) mass is 227 g/mol. The predicted molar refractivity (Wildman–Crippen MR) is 67.0 cm³/mol. The third-order valence-electron chi connectivity index (χ3n) is 3.20. The normalized spacial score (nSPS) is 20.5. The van der Waals surface area contributed by atoms with Gasteiger partial charge in [0.1, 0.15) is 17.6 Å². The van der Waals surface area contributed by atoms with Crippen LogP contribution in [0, 0.1) is 0 Å². The fourth-order valence-corrected chi connectivity index (χ4v) is 2.34. The van der Waals surface area contributed by atoms with E-state index in [9.17, 15) is 0 Å². The highest BCUT2D eigenvalue weighted by Crippen LogP contribution is 2.37. The van der Waals surface area contributed by atoms with Crippen molar-refractivity contribution in [2.24, 2.45) is 5.16 Å². The highest BCUT2D eigenvalue weighted by atomic mass is 16.5. The van der Waals surface area contributed by atoms with Gasteiger partial charge in [0, 0.05) is 10.9 Å². The van der Waals surface area contributed by atoms with E-state index >= 15 is 0 Å². The van der Waals surface area contributed by atoms with Crippen molar-refractivity contribution < 1.29 is 9.94 Å². The van der Waals surface area contributed by atoms with Gasteiger partial charge in [0.2, 0.25) is 0 Å². The molecule has 0 saturated carbocycles. The maximum Gasteiger partial charge on any atom is 0.144 e. The van der Waals surface area contributed by atoms with Gasteiger partial charge in [0.25, 0.3) is 0 Å². The zero-order chi connectivity index (χ0) is 11.8. The highest BCUT2D eigenvalue weighted by Gasteiger charge is 2.30. The molecule has 1 N–H and O–H groups in total. The Morgan fingerprint density at radius 2 is 2.06 bits per heavy atom. The molecule has 0 saturated heterocycles. The molecule has 1 heterocycles. The first-order valence-corrected chi connectivity index (χ1v) is 5.76. The Morgan fingerprint density at radius 3 is 2.82 bits per heavy atom. The van der Waals surface area contributed by atoms with Crippen molar-refractivity contribution in [3.8, 4) is 5.75 Å². The number of hydrogen-bond acceptors (Lipinski definition) is 3. The summed E-state index contributed by atoms with van der Waals surface area (Å²) in [5.74, 6) is 0.836. The van der Waals surface area contributed by atoms with Crippen LogP contribution in [0.4, 0.5) is 0 Å². The van der Waals surface area contributed by atoms with E-state index in [2.05, 4.69) is 5.16 Å². The van der Waals surface area contributed by atoms with Crippen LogP contribution in [0.25, 0.3) is 10.8 Å². The minimum atomic E-state index is -0.138. The van der Waals surface area contributed by atoms with Crippen molar-refractivity contribution in [1.29, 1.82) is 0 Å². The molecule has 1 atom stereocenters. The predicted octanol–water partition coefficient (Wildman–Crippen LogP) is 3.19. The molecule has 0 radical (unpaired) electrons. The molecule has 1 aliphatic heterocycles. The van der Waals surface area contributed by atoms with Crippen molar-refractivity contribution in [3.05, 3.63) is 42.0 Å². The summed E-state index contributed by atoms with van der Waals surface area (Å²) in [7, 11) is 0. The van der Waals surface area contributed by atoms with Gasteiger partial charge in [0.05, 0.1) is 0 Å². The molecule has 0 bridgehead atoms. The number of ether oxygens (including phenoxy) is 1. The summed E-state index contributed by atoms with van der Waals surface area (Å²) in [6, 6.07) is 12.1. The summed E-state index contributed by atoms with van der Waals surface area (Å²) in [5, 5.41) is 14.7. The Kier molecular flexibility index (Phi) is 2.25. The lowest BCUT2D eigenvalue weighted by Gasteiger charge is -2.07. The van der Waals surface area contributed by atoms with E-state index in [4.69, 9.17) is 9.94 Å². The summed E-state index contributed by atoms with van der Waals surface area (Å²) in [6.07, 6.45) is 0.656. The van der Waals surface area contributed by atoms with Gasteiger partial charge in [0.15, 0.2) is 0 Å². The fourth-order valence-electron chi connectivity index (χ4n) is 2.34. The largest absolute Gasteiger partial charge is 0.483 e. The van der Waals surface area contributed by atoms with E-state index < -0.39 is 0 Å². The molecular formula is C14H13NO2. The van der Waals surface area contributed by atoms with Crippen molar-refractivity contribution >= 4 is 16.5 Å². The van der Waals surface area contributed by atoms with Crippen LogP contribution in [0.1, 0.15) is 18.9 Å². The first kappa shape index (κ1) is 10.1. The van der Waals surface area contributed by atoms with Crippen LogP contribution >= 0.6 is 0 Å². The molecule has 17 heavy (non-hydrogen) atoms. The molecule has 0 aromatic heterocycles. The molecule has 2 aromatic rings. The Labute approximate surface area is 99.3 Å². The van der Waals surface area contributed by atoms with Gasteiger partial charge < -0.3 is 9.94 Å². The Morgan fingerprint density at radius 1 is 1.24 bits per heavy atom. The second kappa shape index (κ2) is 3.77. The zero-order valence-electron chi connectivity index (χ0n) is 9.55. The van der Waals surface area contributed by atoms with Gasteiger partial charge in [-0.3, -0.25) is 0 Å². The highest BCUT2D eigenvalue weighted by molar-refractivity contribution is 6.12. The first-order chi connectivity index (χ1) is 8.35. The lowest BCUT2D eigenvalue weighted by Crippen LogP contribution is -2.19. The number of hydrogen-bond donors (Lipinski definition) is 1. The van der Waals surface area contributed by atoms with E-state index in [0.717, 1.165) is 28.5 Å². The van der Waals surface area contributed by atoms with Gasteiger partial charge in [-0.15, -0.1) is 0 Å². The Balaban J connectivity index is 2.28. The van der Waals surface area contributed by atoms with Crippen LogP contribution in [0.3, 0.4) is 0 Å². The van der Waals surface area contributed by atoms with Gasteiger partial charge >= 0.3 is 0 Å². The van der Waals surface area contributed by atoms with Crippen molar-refractivity contribution in [2.75, 3.05) is 0 Å². The number of oxime groups is 1. The smallest absolute Gasteiger partial charge is 0.144 e. The molecule has 3 nitrogen and oxygen atoms in total. The number of nitrogens with zero attached hydrogens (tertiary/aromatic N) is 1. The lowest BCUT2D eigenvalue weighted by atomic mass is 10.0. The summed E-state index contributed by atoms with van der Waals surface area (Å²) >= 11 is 0. The molecule has 3 rings (SSSR count). The summed E-state index contributed by atoms with van der Waals surface area (Å²) in [6.45, 7) is 2.02. The molecule has 0 fully saturated rings. The molecule has 3 heteroatoms. The van der Waals surface area contributed by atoms with E-state index in [-0.39, 0.29) is 6.10 Å². The number of benzene rings is 2. The maximum absolute atomic E-state index is 9.09. The molecule has 0 spiro atoms. The Bertz CT molecular complexity index is 604. The van der Waals surface area contributed by atoms with Crippen LogP contribution in [0.15, 0.2) is 41.6 Å². The van der Waals surface area contributed by atoms with E-state index in [1.54, 1.807) is 0 Å². The van der Waals surface area contributed by atoms with Gasteiger partial charge in [-0.05, 0) is 17.9 Å². The van der Waals surface area contributed by atoms with Crippen molar-refractivity contribution in [2.45, 2.75) is 19.4 Å². The van der Waals surface area contributed by atoms with Gasteiger partial charge in [-0.25, -0.2) is 0 Å². The molecule has 0 amide bonds. The molecule has 2 aromatic carbocycles. The van der Waals surface area contributed by atoms with E-state index in [1.807, 2.05) is 43.3 Å². The van der Waals surface area contributed by atoms with Gasteiger partial charge in [-0.1, -0.05) is 42.4 Å². The van der Waals surface area contributed by atoms with E-state index in [0.29, 0.717) is 5.71 Å². The first-order valence-electron chi connectivity index (χ1n) is 5.76. The van der Waals surface area contributed by atoms with Crippen LogP contribution in [0.5, 0.6) is 5.75 Å². The molecular weight excluding hydrogens is 214 g/mol. The van der Waals surface area contributed by atoms with Crippen LogP contribution < -0.4 is 4.74 Å². The third kappa shape index (κ3) is 1.39. The quantitative estimate of drug-likeness (QED) is 0.600. The van der Waals surface area contributed by atoms with Gasteiger partial charge in [-0.2, -0.15) is 0 Å². The van der Waals surface area contributed by atoms with Crippen LogP contribution in [-0.4, -0.2) is 17.0 Å². The average Bonchev–Trinajstić information content (AvgIpc) is 2.76. The average molecular weight is 227 g/mol. The second-order valence-corrected chi connectivity index (χ2v) is 4.16. The molecule has 86 valence electrons. The standard InChI is InChI=1S/C14H13NO2/c1-2-12-13(15-16)11-8-7-9-5-3-4-6-10(9)14(11)17-12/h3-8,12,16H,2H2,1H3/b15-13-. The summed E-state index contributed by atoms with van der Waals surface area (Å²) in [5.41, 5.74) is 1.53. The number of fused-ring (bicyclic) bond motifs is 3. The SMILES string of the molecule is CCC1Oc2c(ccc3ccccc23)/C1=N/O. The minimum Gasteiger partial charge on any atom is -0.483 e. The minimum absolute atomic E-state index is 0.138. The zero-order valence-corrected chi connectivity index (χ0v) is 9.55. The van der Waals surface area contributed by atoms with Crippen molar-refractivity contribution in [3.63, 3.8) is 0 Å². The second-order valence-electron chi connectivity index (χ2n) is 4.16. The molecule has 1 aliphatic rings. The molecule has 0 aliphatic carbocycles. The number of rotatable bonds is 1. The van der Waals surface area contributed by atoms with Crippen molar-refractivity contribution in [1.82, 2.24) is 0 Å². The van der Waals surface area contributed by atoms with E-state index in [1.165, 1.54) is 0 Å². The maximum atomic E-state index is 9.09. The summed E-state index contributed by atoms with van der Waals surface area (Å²) < 4.78 is 5.88. The summed E-state index contributed by atoms with van der Waals surface area (Å²) in [4.78, 5) is 0. The lowest BCUT2D eigenvalue weighted by molar-refractivity contribution is 0.267. The Hall–Kier alpha value is -2.03. The fraction of sp³-hybridized carbons (Fsp3) is 0.214.